The third-order valence-corrected chi connectivity index (χ3v) is 2.72. The summed E-state index contributed by atoms with van der Waals surface area (Å²) in [6.07, 6.45) is 2.08. The van der Waals surface area contributed by atoms with E-state index in [0.717, 1.165) is 12.8 Å². The van der Waals surface area contributed by atoms with Gasteiger partial charge in [-0.15, -0.1) is 0 Å². The molecule has 0 aromatic rings. The minimum atomic E-state index is -0.153. The van der Waals surface area contributed by atoms with E-state index < -0.39 is 0 Å². The van der Waals surface area contributed by atoms with E-state index in [0.29, 0.717) is 24.9 Å². The lowest BCUT2D eigenvalue weighted by Crippen LogP contribution is -2.16. The van der Waals surface area contributed by atoms with E-state index >= 15 is 0 Å². The molecule has 0 saturated carbocycles. The van der Waals surface area contributed by atoms with Crippen molar-refractivity contribution in [2.75, 3.05) is 6.61 Å². The molecule has 4 heteroatoms. The zero-order valence-corrected chi connectivity index (χ0v) is 10.8. The van der Waals surface area contributed by atoms with Crippen LogP contribution in [0.25, 0.3) is 4.98 Å². The number of ether oxygens (including phenoxy) is 1. The number of hydrogen-bond donors (Lipinski definition) is 0. The predicted molar refractivity (Wildman–Crippen MR) is 63.4 cm³/mol. The Hall–Kier alpha value is -1.11. The van der Waals surface area contributed by atoms with Gasteiger partial charge in [-0.25, -0.2) is 0 Å². The van der Waals surface area contributed by atoms with E-state index in [4.69, 9.17) is 10.1 Å². The number of rotatable bonds is 7. The van der Waals surface area contributed by atoms with Gasteiger partial charge in [-0.2, -0.15) is 0 Å². The topological polar surface area (TPSA) is 54.5 Å². The number of nitrogens with zero attached hydrogens (tertiary/aromatic N) is 2. The summed E-state index contributed by atoms with van der Waals surface area (Å²) in [5.74, 6) is 0.582. The van der Waals surface area contributed by atoms with Crippen LogP contribution in [0.3, 0.4) is 0 Å². The van der Waals surface area contributed by atoms with Crippen molar-refractivity contribution < 1.29 is 9.53 Å². The van der Waals surface area contributed by atoms with Gasteiger partial charge < -0.3 is 4.74 Å². The van der Waals surface area contributed by atoms with Crippen molar-refractivity contribution in [2.45, 2.75) is 53.0 Å². The first-order valence-corrected chi connectivity index (χ1v) is 6.01. The molecule has 0 aromatic carbocycles. The molecule has 0 aliphatic carbocycles. The van der Waals surface area contributed by atoms with E-state index in [1.807, 2.05) is 13.8 Å². The van der Waals surface area contributed by atoms with Crippen LogP contribution in [0, 0.1) is 17.2 Å². The van der Waals surface area contributed by atoms with Crippen molar-refractivity contribution >= 4 is 5.97 Å². The number of diazo groups is 1. The van der Waals surface area contributed by atoms with Crippen LogP contribution >= 0.6 is 0 Å². The highest BCUT2D eigenvalue weighted by Gasteiger charge is 2.26. The Morgan fingerprint density at radius 3 is 2.44 bits per heavy atom. The van der Waals surface area contributed by atoms with Gasteiger partial charge in [-0.05, 0) is 12.3 Å². The SMILES string of the molecule is CCC(=O)OCCC(C)CC([N+]#N)C(C)C. The molecule has 16 heavy (non-hydrogen) atoms. The van der Waals surface area contributed by atoms with E-state index in [2.05, 4.69) is 11.9 Å². The van der Waals surface area contributed by atoms with Crippen LogP contribution in [0.15, 0.2) is 0 Å². The van der Waals surface area contributed by atoms with Crippen LogP contribution in [0.4, 0.5) is 0 Å². The second kappa shape index (κ2) is 8.09. The summed E-state index contributed by atoms with van der Waals surface area (Å²) in [7, 11) is 0. The van der Waals surface area contributed by atoms with Gasteiger partial charge in [0, 0.05) is 18.8 Å². The Balaban J connectivity index is 3.77. The molecule has 0 aromatic heterocycles. The van der Waals surface area contributed by atoms with E-state index in [1.54, 1.807) is 6.92 Å². The van der Waals surface area contributed by atoms with Gasteiger partial charge >= 0.3 is 12.0 Å². The van der Waals surface area contributed by atoms with Gasteiger partial charge in [-0.3, -0.25) is 4.79 Å². The van der Waals surface area contributed by atoms with Crippen molar-refractivity contribution in [2.24, 2.45) is 11.8 Å². The molecule has 0 N–H and O–H groups in total. The van der Waals surface area contributed by atoms with E-state index in [9.17, 15) is 4.79 Å². The third-order valence-electron chi connectivity index (χ3n) is 2.72. The number of carbonyl (C=O) groups is 1. The van der Waals surface area contributed by atoms with E-state index in [-0.39, 0.29) is 12.0 Å². The summed E-state index contributed by atoms with van der Waals surface area (Å²) in [6, 6.07) is -0.0168. The molecule has 0 rings (SSSR count). The highest BCUT2D eigenvalue weighted by atomic mass is 16.5. The average molecular weight is 227 g/mol. The summed E-state index contributed by atoms with van der Waals surface area (Å²) in [6.45, 7) is 8.40. The van der Waals surface area contributed by atoms with Crippen LogP contribution in [0.1, 0.15) is 47.0 Å². The Labute approximate surface area is 98.0 Å². The van der Waals surface area contributed by atoms with Crippen molar-refractivity contribution in [1.29, 1.82) is 5.39 Å². The van der Waals surface area contributed by atoms with Crippen molar-refractivity contribution in [3.63, 3.8) is 0 Å². The lowest BCUT2D eigenvalue weighted by atomic mass is 9.93. The Morgan fingerprint density at radius 2 is 2.00 bits per heavy atom. The predicted octanol–water partition coefficient (Wildman–Crippen LogP) is 3.23. The standard InChI is InChI=1S/C12H23N2O2/c1-5-12(15)16-7-6-10(4)8-11(14-13)9(2)3/h9-11H,5-8H2,1-4H3/q+1. The maximum atomic E-state index is 10.9. The molecule has 2 unspecified atom stereocenters. The maximum Gasteiger partial charge on any atom is 0.316 e. The highest BCUT2D eigenvalue weighted by Crippen LogP contribution is 2.18. The van der Waals surface area contributed by atoms with Gasteiger partial charge in [0.15, 0.2) is 0 Å². The van der Waals surface area contributed by atoms with Gasteiger partial charge in [0.05, 0.1) is 6.61 Å². The number of hydrogen-bond acceptors (Lipinski definition) is 3. The van der Waals surface area contributed by atoms with Gasteiger partial charge in [0.25, 0.3) is 0 Å². The van der Waals surface area contributed by atoms with Crippen molar-refractivity contribution in [1.82, 2.24) is 0 Å². The number of carbonyl (C=O) groups excluding carboxylic acids is 1. The quantitative estimate of drug-likeness (QED) is 0.495. The molecule has 4 nitrogen and oxygen atoms in total. The minimum absolute atomic E-state index is 0.0168. The Bertz CT molecular complexity index is 246. The molecule has 0 aliphatic heterocycles. The maximum absolute atomic E-state index is 10.9. The molecule has 0 amide bonds. The monoisotopic (exact) mass is 227 g/mol. The first kappa shape index (κ1) is 14.9. The number of esters is 1. The van der Waals surface area contributed by atoms with Crippen molar-refractivity contribution in [3.8, 4) is 0 Å². The van der Waals surface area contributed by atoms with Crippen LogP contribution < -0.4 is 0 Å². The summed E-state index contributed by atoms with van der Waals surface area (Å²) >= 11 is 0. The molecular formula is C12H23N2O2+. The van der Waals surface area contributed by atoms with Crippen LogP contribution in [-0.4, -0.2) is 18.6 Å². The van der Waals surface area contributed by atoms with Crippen LogP contribution in [-0.2, 0) is 9.53 Å². The fourth-order valence-electron chi connectivity index (χ4n) is 1.46. The first-order chi connectivity index (χ1) is 7.51. The molecule has 0 bridgehead atoms. The fraction of sp³-hybridized carbons (Fsp3) is 0.917. The zero-order chi connectivity index (χ0) is 12.6. The van der Waals surface area contributed by atoms with Gasteiger partial charge in [0.1, 0.15) is 4.98 Å². The van der Waals surface area contributed by atoms with E-state index in [1.165, 1.54) is 0 Å². The normalized spacial score (nSPS) is 14.2. The second-order valence-electron chi connectivity index (χ2n) is 4.63. The summed E-state index contributed by atoms with van der Waals surface area (Å²) in [4.78, 5) is 14.3. The van der Waals surface area contributed by atoms with Crippen LogP contribution in [0.2, 0.25) is 0 Å². The molecule has 92 valence electrons. The Kier molecular flexibility index (Phi) is 7.53. The second-order valence-corrected chi connectivity index (χ2v) is 4.63. The van der Waals surface area contributed by atoms with Crippen LogP contribution in [0.5, 0.6) is 0 Å². The van der Waals surface area contributed by atoms with Gasteiger partial charge in [-0.1, -0.05) is 27.7 Å². The Morgan fingerprint density at radius 1 is 1.38 bits per heavy atom. The third kappa shape index (κ3) is 6.39. The average Bonchev–Trinajstić information content (AvgIpc) is 2.25. The minimum Gasteiger partial charge on any atom is -0.466 e. The molecule has 0 heterocycles. The molecule has 0 aliphatic rings. The molecule has 2 atom stereocenters. The lowest BCUT2D eigenvalue weighted by molar-refractivity contribution is -0.143. The molecule has 0 saturated heterocycles. The molecular weight excluding hydrogens is 204 g/mol. The zero-order valence-electron chi connectivity index (χ0n) is 10.8. The molecule has 0 spiro atoms. The molecule has 0 radical (unpaired) electrons. The largest absolute Gasteiger partial charge is 0.466 e. The summed E-state index contributed by atoms with van der Waals surface area (Å²) in [5.41, 5.74) is 0. The smallest absolute Gasteiger partial charge is 0.316 e. The first-order valence-electron chi connectivity index (χ1n) is 6.01. The lowest BCUT2D eigenvalue weighted by Gasteiger charge is -2.11. The summed E-state index contributed by atoms with van der Waals surface area (Å²) < 4.78 is 5.01. The molecule has 0 fully saturated rings. The van der Waals surface area contributed by atoms with Crippen molar-refractivity contribution in [3.05, 3.63) is 4.98 Å². The highest BCUT2D eigenvalue weighted by molar-refractivity contribution is 5.68. The van der Waals surface area contributed by atoms with Gasteiger partial charge in [0.2, 0.25) is 5.39 Å². The summed E-state index contributed by atoms with van der Waals surface area (Å²) in [5, 5.41) is 8.84. The fourth-order valence-corrected chi connectivity index (χ4v) is 1.46.